The maximum Gasteiger partial charge on any atom is 0.217 e. The van der Waals surface area contributed by atoms with Crippen molar-refractivity contribution in [1.29, 1.82) is 0 Å². The first kappa shape index (κ1) is 41.7. The largest absolute Gasteiger partial charge is 0.393 e. The zero-order valence-electron chi connectivity index (χ0n) is 22.3. The van der Waals surface area contributed by atoms with Crippen molar-refractivity contribution < 1.29 is 19.8 Å². The van der Waals surface area contributed by atoms with Gasteiger partial charge in [-0.15, -0.1) is 0 Å². The van der Waals surface area contributed by atoms with E-state index in [1.54, 1.807) is 0 Å². The van der Waals surface area contributed by atoms with Crippen LogP contribution in [0.3, 0.4) is 0 Å². The van der Waals surface area contributed by atoms with E-state index in [4.69, 9.17) is 11.5 Å². The molecule has 6 nitrogen and oxygen atoms in total. The molecule has 0 aliphatic heterocycles. The molecule has 0 aliphatic rings. The Kier molecular flexibility index (Phi) is 38.9. The molecule has 0 aromatic rings. The molecule has 6 heteroatoms. The standard InChI is InChI=1S/C14H29NO2.C14H27NO2.2CH4/c2*1-2-3-4-7-10-13(16)11-8-5-6-9-12-14(15)17;;/h13,16H,2-12H2,1H3,(H2,15,17);5,8,13,16H,2-4,6-7,9-12H2,1H3,(H2,15,17);2*1H4/b;8-5+;;/t2*13-;;/m11../s1. The van der Waals surface area contributed by atoms with Gasteiger partial charge in [0.25, 0.3) is 0 Å². The number of unbranched alkanes of at least 4 members (excludes halogenated alkanes) is 10. The lowest BCUT2D eigenvalue weighted by Gasteiger charge is -2.09. The van der Waals surface area contributed by atoms with Crippen molar-refractivity contribution in [3.8, 4) is 0 Å². The van der Waals surface area contributed by atoms with Crippen molar-refractivity contribution in [2.45, 2.75) is 169 Å². The van der Waals surface area contributed by atoms with Crippen molar-refractivity contribution in [2.24, 2.45) is 11.5 Å². The molecule has 0 spiro atoms. The van der Waals surface area contributed by atoms with Crippen molar-refractivity contribution in [3.05, 3.63) is 12.2 Å². The van der Waals surface area contributed by atoms with Crippen LogP contribution in [-0.4, -0.2) is 34.2 Å². The van der Waals surface area contributed by atoms with E-state index in [0.717, 1.165) is 77.0 Å². The molecule has 0 heterocycles. The van der Waals surface area contributed by atoms with Gasteiger partial charge in [0.05, 0.1) is 12.2 Å². The van der Waals surface area contributed by atoms with E-state index < -0.39 is 0 Å². The van der Waals surface area contributed by atoms with Crippen LogP contribution in [0.4, 0.5) is 0 Å². The van der Waals surface area contributed by atoms with E-state index in [-0.39, 0.29) is 38.9 Å². The van der Waals surface area contributed by atoms with Gasteiger partial charge in [0, 0.05) is 12.8 Å². The van der Waals surface area contributed by atoms with Gasteiger partial charge in [0.15, 0.2) is 0 Å². The molecule has 0 fully saturated rings. The van der Waals surface area contributed by atoms with Crippen LogP contribution >= 0.6 is 0 Å². The van der Waals surface area contributed by atoms with E-state index in [9.17, 15) is 19.8 Å². The minimum atomic E-state index is -0.241. The number of aliphatic hydroxyl groups excluding tert-OH is 2. The molecule has 0 aliphatic carbocycles. The average Bonchev–Trinajstić information content (AvgIpc) is 2.79. The molecule has 0 rings (SSSR count). The summed E-state index contributed by atoms with van der Waals surface area (Å²) in [6.45, 7) is 4.38. The first-order valence-electron chi connectivity index (χ1n) is 13.9. The number of carbonyl (C=O) groups is 2. The maximum absolute atomic E-state index is 10.5. The zero-order chi connectivity index (χ0) is 25.9. The van der Waals surface area contributed by atoms with Gasteiger partial charge >= 0.3 is 0 Å². The topological polar surface area (TPSA) is 127 Å². The molecule has 36 heavy (non-hydrogen) atoms. The Morgan fingerprint density at radius 1 is 0.611 bits per heavy atom. The number of aliphatic hydroxyl groups is 2. The fraction of sp³-hybridized carbons (Fsp3) is 0.867. The van der Waals surface area contributed by atoms with Crippen LogP contribution in [-0.2, 0) is 9.59 Å². The number of allylic oxidation sites excluding steroid dienone is 1. The van der Waals surface area contributed by atoms with Crippen LogP contribution in [0.25, 0.3) is 0 Å². The summed E-state index contributed by atoms with van der Waals surface area (Å²) >= 11 is 0. The molecular weight excluding hydrogens is 452 g/mol. The monoisotopic (exact) mass is 516 g/mol. The molecule has 0 unspecified atom stereocenters. The van der Waals surface area contributed by atoms with Crippen LogP contribution in [0.1, 0.15) is 157 Å². The Morgan fingerprint density at radius 3 is 1.50 bits per heavy atom. The summed E-state index contributed by atoms with van der Waals surface area (Å²) in [6.07, 6.45) is 23.6. The van der Waals surface area contributed by atoms with Crippen molar-refractivity contribution in [1.82, 2.24) is 0 Å². The third-order valence-electron chi connectivity index (χ3n) is 5.86. The first-order chi connectivity index (χ1) is 16.3. The highest BCUT2D eigenvalue weighted by atomic mass is 16.3. The van der Waals surface area contributed by atoms with Crippen molar-refractivity contribution in [3.63, 3.8) is 0 Å². The number of hydrogen-bond donors (Lipinski definition) is 4. The van der Waals surface area contributed by atoms with Crippen LogP contribution in [0.5, 0.6) is 0 Å². The molecule has 6 N–H and O–H groups in total. The van der Waals surface area contributed by atoms with E-state index in [1.807, 2.05) is 12.2 Å². The molecule has 2 amide bonds. The van der Waals surface area contributed by atoms with E-state index in [0.29, 0.717) is 12.8 Å². The summed E-state index contributed by atoms with van der Waals surface area (Å²) in [5, 5.41) is 19.4. The fourth-order valence-corrected chi connectivity index (χ4v) is 3.67. The van der Waals surface area contributed by atoms with E-state index in [2.05, 4.69) is 13.8 Å². The van der Waals surface area contributed by atoms with Gasteiger partial charge in [-0.3, -0.25) is 9.59 Å². The normalized spacial score (nSPS) is 12.1. The Hall–Kier alpha value is -1.40. The molecule has 0 aromatic heterocycles. The van der Waals surface area contributed by atoms with Crippen LogP contribution in [0, 0.1) is 0 Å². The number of amides is 2. The molecule has 0 radical (unpaired) electrons. The van der Waals surface area contributed by atoms with Gasteiger partial charge in [-0.1, -0.05) is 111 Å². The lowest BCUT2D eigenvalue weighted by atomic mass is 10.0. The second-order valence-electron chi connectivity index (χ2n) is 9.49. The molecule has 218 valence electrons. The summed E-state index contributed by atoms with van der Waals surface area (Å²) in [5.74, 6) is -0.449. The Morgan fingerprint density at radius 2 is 1.03 bits per heavy atom. The van der Waals surface area contributed by atoms with E-state index >= 15 is 0 Å². The third kappa shape index (κ3) is 39.8. The van der Waals surface area contributed by atoms with Crippen LogP contribution in [0.15, 0.2) is 12.2 Å². The number of rotatable bonds is 23. The summed E-state index contributed by atoms with van der Waals surface area (Å²) in [4.78, 5) is 21.0. The summed E-state index contributed by atoms with van der Waals surface area (Å²) in [7, 11) is 0. The third-order valence-corrected chi connectivity index (χ3v) is 5.86. The molecule has 0 bridgehead atoms. The summed E-state index contributed by atoms with van der Waals surface area (Å²) in [6, 6.07) is 0. The van der Waals surface area contributed by atoms with Crippen molar-refractivity contribution >= 4 is 11.8 Å². The van der Waals surface area contributed by atoms with Gasteiger partial charge in [-0.05, 0) is 44.9 Å². The lowest BCUT2D eigenvalue weighted by Crippen LogP contribution is -2.09. The SMILES string of the molecule is C.C.CCCCCC[C@@H](O)C/C=C/CCCC(N)=O.CCCCCC[C@@H](O)CCCCCCC(N)=O. The Balaban J connectivity index is -0.000000269. The number of nitrogens with two attached hydrogens (primary N) is 2. The first-order valence-corrected chi connectivity index (χ1v) is 13.9. The second kappa shape index (κ2) is 33.6. The molecule has 0 aromatic carbocycles. The highest BCUT2D eigenvalue weighted by molar-refractivity contribution is 5.73. The van der Waals surface area contributed by atoms with Crippen molar-refractivity contribution in [2.75, 3.05) is 0 Å². The molecule has 0 saturated carbocycles. The lowest BCUT2D eigenvalue weighted by molar-refractivity contribution is -0.118. The highest BCUT2D eigenvalue weighted by Gasteiger charge is 2.04. The van der Waals surface area contributed by atoms with Gasteiger partial charge in [0.1, 0.15) is 0 Å². The van der Waals surface area contributed by atoms with Crippen LogP contribution < -0.4 is 11.5 Å². The number of carbonyl (C=O) groups excluding carboxylic acids is 2. The Bertz CT molecular complexity index is 484. The predicted molar refractivity (Wildman–Crippen MR) is 157 cm³/mol. The van der Waals surface area contributed by atoms with Crippen LogP contribution in [0.2, 0.25) is 0 Å². The Labute approximate surface area is 224 Å². The molecule has 2 atom stereocenters. The zero-order valence-corrected chi connectivity index (χ0v) is 22.3. The highest BCUT2D eigenvalue weighted by Crippen LogP contribution is 2.12. The fourth-order valence-electron chi connectivity index (χ4n) is 3.67. The van der Waals surface area contributed by atoms with E-state index in [1.165, 1.54) is 38.5 Å². The van der Waals surface area contributed by atoms with Gasteiger partial charge in [-0.2, -0.15) is 0 Å². The van der Waals surface area contributed by atoms with Gasteiger partial charge in [0.2, 0.25) is 11.8 Å². The quantitative estimate of drug-likeness (QED) is 0.0837. The summed E-state index contributed by atoms with van der Waals surface area (Å²) in [5.41, 5.74) is 10.1. The van der Waals surface area contributed by atoms with Gasteiger partial charge in [-0.25, -0.2) is 0 Å². The smallest absolute Gasteiger partial charge is 0.217 e. The average molecular weight is 517 g/mol. The second-order valence-corrected chi connectivity index (χ2v) is 9.49. The minimum Gasteiger partial charge on any atom is -0.393 e. The number of primary amides is 2. The predicted octanol–water partition coefficient (Wildman–Crippen LogP) is 7.34. The molecular formula is C30H64N2O4. The minimum absolute atomic E-state index is 0. The molecule has 0 saturated heterocycles. The number of hydrogen-bond acceptors (Lipinski definition) is 4. The summed E-state index contributed by atoms with van der Waals surface area (Å²) < 4.78 is 0. The maximum atomic E-state index is 10.5. The van der Waals surface area contributed by atoms with Gasteiger partial charge < -0.3 is 21.7 Å².